The van der Waals surface area contributed by atoms with Gasteiger partial charge in [0.25, 0.3) is 0 Å². The minimum atomic E-state index is -2.43. The molecule has 31 heavy (non-hydrogen) atoms. The van der Waals surface area contributed by atoms with Crippen molar-refractivity contribution in [2.45, 2.75) is 0 Å². The van der Waals surface area contributed by atoms with Gasteiger partial charge in [-0.1, -0.05) is 0 Å². The third-order valence-corrected chi connectivity index (χ3v) is 4.75. The van der Waals surface area contributed by atoms with Crippen LogP contribution >= 0.6 is 0 Å². The second-order valence-electron chi connectivity index (χ2n) is 5.64. The van der Waals surface area contributed by atoms with Gasteiger partial charge in [0.2, 0.25) is 0 Å². The fourth-order valence-corrected chi connectivity index (χ4v) is 3.04. The van der Waals surface area contributed by atoms with Crippen molar-refractivity contribution in [2.75, 3.05) is 119 Å². The monoisotopic (exact) mass is 480 g/mol. The zero-order valence-electron chi connectivity index (χ0n) is 18.1. The summed E-state index contributed by atoms with van der Waals surface area (Å²) in [6, 6.07) is 0. The summed E-state index contributed by atoms with van der Waals surface area (Å²) in [5.41, 5.74) is 0. The second-order valence-corrected chi connectivity index (χ2v) is 7.22. The molecule has 0 heterocycles. The van der Waals surface area contributed by atoms with Crippen LogP contribution < -0.4 is 0 Å². The Balaban J connectivity index is 3.82. The first-order chi connectivity index (χ1) is 15.3. The molecule has 0 aliphatic heterocycles. The predicted octanol–water partition coefficient (Wildman–Crippen LogP) is 1.03. The average Bonchev–Trinajstić information content (AvgIpc) is 2.78. The van der Waals surface area contributed by atoms with Crippen LogP contribution in [-0.4, -0.2) is 134 Å². The number of hydrogen-bond donors (Lipinski definition) is 0. The van der Waals surface area contributed by atoms with Gasteiger partial charge in [-0.25, -0.2) is 13.2 Å². The van der Waals surface area contributed by atoms with E-state index in [1.54, 1.807) is 0 Å². The summed E-state index contributed by atoms with van der Waals surface area (Å²) in [7, 11) is 0. The Hall–Kier alpha value is -0.0375. The molecule has 0 saturated heterocycles. The Morgan fingerprint density at radius 2 is 0.548 bits per heavy atom. The fourth-order valence-electron chi connectivity index (χ4n) is 1.88. The van der Waals surface area contributed by atoms with Crippen molar-refractivity contribution in [3.05, 3.63) is 0 Å². The van der Waals surface area contributed by atoms with Gasteiger partial charge in [0.15, 0.2) is 0 Å². The highest BCUT2D eigenvalue weighted by molar-refractivity contribution is 6.36. The van der Waals surface area contributed by atoms with Crippen LogP contribution in [0.3, 0.4) is 0 Å². The highest BCUT2D eigenvalue weighted by Crippen LogP contribution is 1.95. The minimum Gasteiger partial charge on any atom is -0.452 e. The smallest absolute Gasteiger partial charge is 0.452 e. The van der Waals surface area contributed by atoms with Crippen molar-refractivity contribution in [2.24, 2.45) is 0 Å². The van der Waals surface area contributed by atoms with E-state index in [0.717, 1.165) is 0 Å². The molecule has 0 saturated carbocycles. The normalized spacial score (nSPS) is 11.3. The summed E-state index contributed by atoms with van der Waals surface area (Å²) in [5.74, 6) is 0. The van der Waals surface area contributed by atoms with E-state index in [1.165, 1.54) is 0 Å². The molecule has 0 spiro atoms. The van der Waals surface area contributed by atoms with Crippen molar-refractivity contribution in [3.63, 3.8) is 0 Å². The summed E-state index contributed by atoms with van der Waals surface area (Å²) in [5, 5.41) is 0. The zero-order valence-corrected chi connectivity index (χ0v) is 19.3. The van der Waals surface area contributed by atoms with Gasteiger partial charge in [-0.2, -0.15) is 0 Å². The van der Waals surface area contributed by atoms with Crippen LogP contribution in [0.25, 0.3) is 0 Å². The summed E-state index contributed by atoms with van der Waals surface area (Å²) in [6.07, 6.45) is 0. The van der Waals surface area contributed by atoms with Crippen molar-refractivity contribution in [3.8, 4) is 0 Å². The molecule has 0 N–H and O–H groups in total. The minimum absolute atomic E-state index is 0.0601. The van der Waals surface area contributed by atoms with E-state index >= 15 is 0 Å². The molecule has 0 atom stereocenters. The molecular formula is C18H36AlF3O9. The maximum Gasteiger partial charge on any atom is 0.905 e. The first kappa shape index (κ1) is 31.0. The highest BCUT2D eigenvalue weighted by atomic mass is 27.3. The summed E-state index contributed by atoms with van der Waals surface area (Å²) >= 11 is -2.43. The van der Waals surface area contributed by atoms with E-state index < -0.39 is 35.2 Å². The lowest BCUT2D eigenvalue weighted by molar-refractivity contribution is -0.00398. The molecule has 0 fully saturated rings. The molecular weight excluding hydrogens is 444 g/mol. The topological polar surface area (TPSA) is 83.1 Å². The van der Waals surface area contributed by atoms with E-state index in [-0.39, 0.29) is 39.6 Å². The van der Waals surface area contributed by atoms with E-state index in [0.29, 0.717) is 59.5 Å². The zero-order chi connectivity index (χ0) is 22.7. The molecule has 13 heteroatoms. The Kier molecular flexibility index (Phi) is 28.0. The maximum absolute atomic E-state index is 11.9. The van der Waals surface area contributed by atoms with Gasteiger partial charge in [0, 0.05) is 19.8 Å². The molecule has 0 aromatic rings. The van der Waals surface area contributed by atoms with Crippen molar-refractivity contribution >= 4 is 15.1 Å². The van der Waals surface area contributed by atoms with Gasteiger partial charge in [0.1, 0.15) is 20.0 Å². The van der Waals surface area contributed by atoms with Crippen LogP contribution in [0.15, 0.2) is 0 Å². The summed E-state index contributed by atoms with van der Waals surface area (Å²) < 4.78 is 83.3. The first-order valence-corrected chi connectivity index (χ1v) is 11.8. The van der Waals surface area contributed by atoms with Gasteiger partial charge in [0.05, 0.1) is 79.3 Å². The van der Waals surface area contributed by atoms with Gasteiger partial charge >= 0.3 is 15.1 Å². The number of rotatable bonds is 27. The largest absolute Gasteiger partial charge is 0.905 e. The van der Waals surface area contributed by atoms with Gasteiger partial charge in [-0.05, 0) is 0 Å². The van der Waals surface area contributed by atoms with Crippen LogP contribution in [0.1, 0.15) is 0 Å². The number of ether oxygens (including phenoxy) is 6. The van der Waals surface area contributed by atoms with Crippen LogP contribution in [0.5, 0.6) is 0 Å². The molecule has 0 aliphatic rings. The third kappa shape index (κ3) is 26.1. The predicted molar refractivity (Wildman–Crippen MR) is 106 cm³/mol. The Labute approximate surface area is 187 Å². The molecule has 0 rings (SSSR count). The maximum atomic E-state index is 11.9. The van der Waals surface area contributed by atoms with Crippen molar-refractivity contribution < 1.29 is 53.0 Å². The van der Waals surface area contributed by atoms with Crippen LogP contribution in [0, 0.1) is 0 Å². The first-order valence-electron chi connectivity index (χ1n) is 10.3. The van der Waals surface area contributed by atoms with E-state index in [1.807, 2.05) is 0 Å². The molecule has 0 aliphatic carbocycles. The lowest BCUT2D eigenvalue weighted by Crippen LogP contribution is -2.32. The van der Waals surface area contributed by atoms with E-state index in [4.69, 9.17) is 39.8 Å². The van der Waals surface area contributed by atoms with Gasteiger partial charge in [-0.15, -0.1) is 0 Å². The Bertz CT molecular complexity index is 292. The molecule has 0 amide bonds. The van der Waals surface area contributed by atoms with Crippen molar-refractivity contribution in [1.29, 1.82) is 0 Å². The molecule has 0 aromatic carbocycles. The summed E-state index contributed by atoms with van der Waals surface area (Å²) in [6.45, 7) is 2.37. The van der Waals surface area contributed by atoms with Crippen LogP contribution in [0.2, 0.25) is 0 Å². The third-order valence-electron chi connectivity index (χ3n) is 3.23. The standard InChI is InChI=1S/3C6H12FO3.Al/c3*7-1-3-9-5-6-10-4-2-8;/h3*1-6H2;/q3*-1;+3. The fraction of sp³-hybridized carbons (Fsp3) is 1.00. The number of hydrogen-bond acceptors (Lipinski definition) is 9. The van der Waals surface area contributed by atoms with E-state index in [2.05, 4.69) is 0 Å². The van der Waals surface area contributed by atoms with E-state index in [9.17, 15) is 13.2 Å². The summed E-state index contributed by atoms with van der Waals surface area (Å²) in [4.78, 5) is 0. The lowest BCUT2D eigenvalue weighted by atomic mass is 10.7. The SMILES string of the molecule is FCCOCCOCC[O][Al]([O]CCOCCOCCF)[O]CCOCCOCCF. The molecule has 0 unspecified atom stereocenters. The molecule has 0 bridgehead atoms. The highest BCUT2D eigenvalue weighted by Gasteiger charge is 2.30. The number of alkyl halides is 3. The molecule has 186 valence electrons. The van der Waals surface area contributed by atoms with Crippen LogP contribution in [0.4, 0.5) is 13.2 Å². The van der Waals surface area contributed by atoms with Crippen molar-refractivity contribution in [1.82, 2.24) is 0 Å². The van der Waals surface area contributed by atoms with Crippen LogP contribution in [-0.2, 0) is 39.8 Å². The average molecular weight is 480 g/mol. The second kappa shape index (κ2) is 28.0. The lowest BCUT2D eigenvalue weighted by Gasteiger charge is -2.14. The molecule has 0 radical (unpaired) electrons. The molecule has 0 aromatic heterocycles. The number of halogens is 3. The Morgan fingerprint density at radius 1 is 0.323 bits per heavy atom. The van der Waals surface area contributed by atoms with Gasteiger partial charge in [-0.3, -0.25) is 0 Å². The molecule has 9 nitrogen and oxygen atoms in total. The quantitative estimate of drug-likeness (QED) is 0.126. The van der Waals surface area contributed by atoms with Gasteiger partial charge < -0.3 is 39.8 Å². The Morgan fingerprint density at radius 3 is 0.806 bits per heavy atom.